The van der Waals surface area contributed by atoms with Crippen LogP contribution in [0.4, 0.5) is 4.79 Å². The SMILES string of the molecule is C#CCCCC(=O)N1CCO[C@H]2CN(C(=O)OC(C)(C)C)C[C@H]21. The van der Waals surface area contributed by atoms with Crippen LogP contribution >= 0.6 is 0 Å². The number of unbranched alkanes of at least 4 members (excludes halogenated alkanes) is 1. The molecule has 0 aromatic carbocycles. The van der Waals surface area contributed by atoms with Crippen molar-refractivity contribution >= 4 is 12.0 Å². The molecular formula is C17H26N2O4. The van der Waals surface area contributed by atoms with Crippen molar-refractivity contribution in [2.45, 2.75) is 57.8 Å². The van der Waals surface area contributed by atoms with Gasteiger partial charge in [-0.1, -0.05) is 0 Å². The quantitative estimate of drug-likeness (QED) is 0.585. The molecular weight excluding hydrogens is 296 g/mol. The Balaban J connectivity index is 1.95. The smallest absolute Gasteiger partial charge is 0.410 e. The molecule has 6 heteroatoms. The molecule has 0 aliphatic carbocycles. The summed E-state index contributed by atoms with van der Waals surface area (Å²) in [6.07, 6.45) is 6.49. The highest BCUT2D eigenvalue weighted by atomic mass is 16.6. The predicted molar refractivity (Wildman–Crippen MR) is 85.7 cm³/mol. The van der Waals surface area contributed by atoms with Gasteiger partial charge in [0.25, 0.3) is 0 Å². The molecule has 0 aromatic heterocycles. The Hall–Kier alpha value is -1.74. The van der Waals surface area contributed by atoms with Crippen molar-refractivity contribution < 1.29 is 19.1 Å². The van der Waals surface area contributed by atoms with Gasteiger partial charge in [-0.25, -0.2) is 4.79 Å². The van der Waals surface area contributed by atoms with Crippen molar-refractivity contribution in [3.05, 3.63) is 0 Å². The van der Waals surface area contributed by atoms with Gasteiger partial charge < -0.3 is 19.3 Å². The molecule has 6 nitrogen and oxygen atoms in total. The first-order valence-corrected chi connectivity index (χ1v) is 8.14. The lowest BCUT2D eigenvalue weighted by atomic mass is 10.1. The topological polar surface area (TPSA) is 59.1 Å². The molecule has 23 heavy (non-hydrogen) atoms. The first-order chi connectivity index (χ1) is 10.8. The zero-order chi connectivity index (χ0) is 17.0. The van der Waals surface area contributed by atoms with Crippen LogP contribution in [0, 0.1) is 12.3 Å². The molecule has 2 amide bonds. The summed E-state index contributed by atoms with van der Waals surface area (Å²) in [4.78, 5) is 28.1. The lowest BCUT2D eigenvalue weighted by Gasteiger charge is -2.36. The van der Waals surface area contributed by atoms with E-state index in [9.17, 15) is 9.59 Å². The second-order valence-corrected chi connectivity index (χ2v) is 7.01. The van der Waals surface area contributed by atoms with Gasteiger partial charge in [0.05, 0.1) is 25.3 Å². The maximum absolute atomic E-state index is 12.4. The van der Waals surface area contributed by atoms with Gasteiger partial charge in [-0.15, -0.1) is 12.3 Å². The summed E-state index contributed by atoms with van der Waals surface area (Å²) in [5, 5.41) is 0. The monoisotopic (exact) mass is 322 g/mol. The molecule has 0 saturated carbocycles. The van der Waals surface area contributed by atoms with Gasteiger partial charge in [0.1, 0.15) is 5.60 Å². The van der Waals surface area contributed by atoms with Crippen LogP contribution in [-0.4, -0.2) is 65.8 Å². The molecule has 2 atom stereocenters. The third-order valence-corrected chi connectivity index (χ3v) is 3.99. The van der Waals surface area contributed by atoms with Crippen molar-refractivity contribution in [1.82, 2.24) is 9.80 Å². The summed E-state index contributed by atoms with van der Waals surface area (Å²) in [7, 11) is 0. The van der Waals surface area contributed by atoms with Crippen LogP contribution in [0.3, 0.4) is 0 Å². The fourth-order valence-corrected chi connectivity index (χ4v) is 2.96. The Kier molecular flexibility index (Phi) is 5.53. The van der Waals surface area contributed by atoms with Crippen LogP contribution in [-0.2, 0) is 14.3 Å². The predicted octanol–water partition coefficient (Wildman–Crippen LogP) is 1.64. The van der Waals surface area contributed by atoms with Crippen molar-refractivity contribution in [2.75, 3.05) is 26.2 Å². The summed E-state index contributed by atoms with van der Waals surface area (Å²) in [6, 6.07) is -0.0883. The molecule has 2 aliphatic rings. The number of ether oxygens (including phenoxy) is 2. The number of hydrogen-bond acceptors (Lipinski definition) is 4. The summed E-state index contributed by atoms with van der Waals surface area (Å²) in [5.41, 5.74) is -0.531. The molecule has 2 heterocycles. The molecule has 2 rings (SSSR count). The van der Waals surface area contributed by atoms with Gasteiger partial charge in [0, 0.05) is 25.9 Å². The minimum Gasteiger partial charge on any atom is -0.444 e. The number of likely N-dealkylation sites (tertiary alicyclic amines) is 1. The van der Waals surface area contributed by atoms with E-state index in [0.29, 0.717) is 45.5 Å². The zero-order valence-electron chi connectivity index (χ0n) is 14.2. The van der Waals surface area contributed by atoms with E-state index in [1.165, 1.54) is 0 Å². The van der Waals surface area contributed by atoms with E-state index in [1.54, 1.807) is 4.90 Å². The summed E-state index contributed by atoms with van der Waals surface area (Å²) >= 11 is 0. The van der Waals surface area contributed by atoms with E-state index in [4.69, 9.17) is 15.9 Å². The van der Waals surface area contributed by atoms with Gasteiger partial charge in [0.2, 0.25) is 5.91 Å². The average molecular weight is 322 g/mol. The van der Waals surface area contributed by atoms with Crippen LogP contribution in [0.1, 0.15) is 40.0 Å². The summed E-state index contributed by atoms with van der Waals surface area (Å²) in [5.74, 6) is 2.64. The number of hydrogen-bond donors (Lipinski definition) is 0. The molecule has 0 radical (unpaired) electrons. The van der Waals surface area contributed by atoms with E-state index < -0.39 is 5.60 Å². The van der Waals surface area contributed by atoms with E-state index in [2.05, 4.69) is 5.92 Å². The molecule has 2 saturated heterocycles. The Morgan fingerprint density at radius 1 is 1.35 bits per heavy atom. The Morgan fingerprint density at radius 3 is 2.74 bits per heavy atom. The summed E-state index contributed by atoms with van der Waals surface area (Å²) < 4.78 is 11.2. The maximum Gasteiger partial charge on any atom is 0.410 e. The standard InChI is InChI=1S/C17H26N2O4/c1-5-6-7-8-15(20)19-9-10-22-14-12-18(11-13(14)19)16(21)23-17(2,3)4/h1,13-14H,6-12H2,2-4H3/t13-,14+/m1/s1. The van der Waals surface area contributed by atoms with Gasteiger partial charge in [-0.2, -0.15) is 0 Å². The van der Waals surface area contributed by atoms with E-state index in [1.807, 2.05) is 25.7 Å². The highest BCUT2D eigenvalue weighted by molar-refractivity contribution is 5.77. The van der Waals surface area contributed by atoms with Crippen LogP contribution in [0.15, 0.2) is 0 Å². The summed E-state index contributed by atoms with van der Waals surface area (Å²) in [6.45, 7) is 7.51. The third kappa shape index (κ3) is 4.61. The van der Waals surface area contributed by atoms with Crippen molar-refractivity contribution in [3.63, 3.8) is 0 Å². The molecule has 0 aromatic rings. The number of carbonyl (C=O) groups is 2. The number of nitrogens with zero attached hydrogens (tertiary/aromatic N) is 2. The van der Waals surface area contributed by atoms with Gasteiger partial charge in [-0.05, 0) is 27.2 Å². The largest absolute Gasteiger partial charge is 0.444 e. The minimum absolute atomic E-state index is 0.0876. The number of carbonyl (C=O) groups excluding carboxylic acids is 2. The van der Waals surface area contributed by atoms with Crippen LogP contribution in [0.2, 0.25) is 0 Å². The lowest BCUT2D eigenvalue weighted by molar-refractivity contribution is -0.142. The molecule has 0 bridgehead atoms. The Morgan fingerprint density at radius 2 is 2.09 bits per heavy atom. The molecule has 0 spiro atoms. The number of amides is 2. The van der Waals surface area contributed by atoms with Crippen LogP contribution in [0.5, 0.6) is 0 Å². The number of rotatable bonds is 3. The zero-order valence-corrected chi connectivity index (χ0v) is 14.2. The fourth-order valence-electron chi connectivity index (χ4n) is 2.96. The molecule has 0 N–H and O–H groups in total. The first kappa shape index (κ1) is 17.6. The average Bonchev–Trinajstić information content (AvgIpc) is 2.89. The third-order valence-electron chi connectivity index (χ3n) is 3.99. The molecule has 0 unspecified atom stereocenters. The van der Waals surface area contributed by atoms with E-state index in [0.717, 1.165) is 0 Å². The minimum atomic E-state index is -0.531. The maximum atomic E-state index is 12.4. The van der Waals surface area contributed by atoms with Crippen LogP contribution in [0.25, 0.3) is 0 Å². The molecule has 2 aliphatic heterocycles. The first-order valence-electron chi connectivity index (χ1n) is 8.14. The van der Waals surface area contributed by atoms with Crippen LogP contribution < -0.4 is 0 Å². The Labute approximate surface area is 138 Å². The lowest BCUT2D eigenvalue weighted by Crippen LogP contribution is -2.53. The number of fused-ring (bicyclic) bond motifs is 1. The van der Waals surface area contributed by atoms with Crippen molar-refractivity contribution in [2.24, 2.45) is 0 Å². The fraction of sp³-hybridized carbons (Fsp3) is 0.765. The molecule has 2 fully saturated rings. The normalized spacial score (nSPS) is 24.1. The number of morpholine rings is 1. The van der Waals surface area contributed by atoms with Crippen molar-refractivity contribution in [3.8, 4) is 12.3 Å². The van der Waals surface area contributed by atoms with Gasteiger partial charge in [0.15, 0.2) is 0 Å². The Bertz CT molecular complexity index is 492. The second kappa shape index (κ2) is 7.22. The highest BCUT2D eigenvalue weighted by Crippen LogP contribution is 2.25. The van der Waals surface area contributed by atoms with Gasteiger partial charge >= 0.3 is 6.09 Å². The number of terminal acetylenes is 1. The second-order valence-electron chi connectivity index (χ2n) is 7.01. The highest BCUT2D eigenvalue weighted by Gasteiger charge is 2.44. The van der Waals surface area contributed by atoms with E-state index >= 15 is 0 Å². The van der Waals surface area contributed by atoms with Gasteiger partial charge in [-0.3, -0.25) is 4.79 Å². The van der Waals surface area contributed by atoms with E-state index in [-0.39, 0.29) is 24.1 Å². The van der Waals surface area contributed by atoms with Crippen molar-refractivity contribution in [1.29, 1.82) is 0 Å². The molecule has 128 valence electrons.